The van der Waals surface area contributed by atoms with E-state index in [1.54, 1.807) is 0 Å². The van der Waals surface area contributed by atoms with Crippen LogP contribution in [0.3, 0.4) is 0 Å². The Morgan fingerprint density at radius 1 is 1.05 bits per heavy atom. The molecule has 3 heterocycles. The molecule has 0 saturated carbocycles. The highest BCUT2D eigenvalue weighted by Crippen LogP contribution is 2.22. The van der Waals surface area contributed by atoms with Crippen molar-refractivity contribution < 1.29 is 9.59 Å². The van der Waals surface area contributed by atoms with Gasteiger partial charge in [0, 0.05) is 44.7 Å². The minimum atomic E-state index is 0.294. The molecule has 3 saturated heterocycles. The van der Waals surface area contributed by atoms with Crippen LogP contribution in [0.2, 0.25) is 0 Å². The van der Waals surface area contributed by atoms with Crippen LogP contribution in [0, 0.1) is 0 Å². The lowest BCUT2D eigenvalue weighted by Crippen LogP contribution is -2.50. The van der Waals surface area contributed by atoms with E-state index in [4.69, 9.17) is 0 Å². The average Bonchev–Trinajstić information content (AvgIpc) is 2.94. The van der Waals surface area contributed by atoms with Crippen LogP contribution in [0.25, 0.3) is 0 Å². The van der Waals surface area contributed by atoms with Crippen LogP contribution < -0.4 is 0 Å². The second-order valence-corrected chi connectivity index (χ2v) is 7.13. The largest absolute Gasteiger partial charge is 0.340 e. The summed E-state index contributed by atoms with van der Waals surface area (Å²) in [4.78, 5) is 30.7. The molecule has 3 fully saturated rings. The van der Waals surface area contributed by atoms with Gasteiger partial charge in [-0.3, -0.25) is 14.5 Å². The molecule has 3 aliphatic heterocycles. The zero-order valence-electron chi connectivity index (χ0n) is 13.8. The molecule has 3 aliphatic rings. The predicted octanol–water partition coefficient (Wildman–Crippen LogP) is 1.47. The van der Waals surface area contributed by atoms with Crippen LogP contribution >= 0.6 is 0 Å². The second-order valence-electron chi connectivity index (χ2n) is 7.13. The summed E-state index contributed by atoms with van der Waals surface area (Å²) < 4.78 is 0. The number of rotatable bonds is 3. The lowest BCUT2D eigenvalue weighted by molar-refractivity contribution is -0.137. The van der Waals surface area contributed by atoms with Crippen LogP contribution in [0.5, 0.6) is 0 Å². The molecular weight excluding hydrogens is 278 g/mol. The van der Waals surface area contributed by atoms with Crippen molar-refractivity contribution in [2.45, 2.75) is 64.0 Å². The average molecular weight is 307 g/mol. The Balaban J connectivity index is 1.45. The summed E-state index contributed by atoms with van der Waals surface area (Å²) in [5.74, 6) is 0.625. The smallest absolute Gasteiger partial charge is 0.236 e. The van der Waals surface area contributed by atoms with Gasteiger partial charge in [0.05, 0.1) is 6.54 Å². The fourth-order valence-electron chi connectivity index (χ4n) is 4.20. The molecule has 0 bridgehead atoms. The van der Waals surface area contributed by atoms with Gasteiger partial charge < -0.3 is 9.80 Å². The predicted molar refractivity (Wildman–Crippen MR) is 85.4 cm³/mol. The maximum absolute atomic E-state index is 12.5. The molecule has 22 heavy (non-hydrogen) atoms. The van der Waals surface area contributed by atoms with E-state index in [0.717, 1.165) is 64.7 Å². The summed E-state index contributed by atoms with van der Waals surface area (Å²) in [6.07, 6.45) is 7.33. The summed E-state index contributed by atoms with van der Waals surface area (Å²) in [6, 6.07) is 0.816. The standard InChI is InChI=1S/C17H29N3O2/c1-14-5-2-3-9-19(14)17(22)13-18-11-7-15(8-12-18)20-10-4-6-16(20)21/h14-15H,2-13H2,1H3/t14-/m0/s1. The number of likely N-dealkylation sites (tertiary alicyclic amines) is 3. The van der Waals surface area contributed by atoms with Gasteiger partial charge in [-0.25, -0.2) is 0 Å². The Hall–Kier alpha value is -1.10. The highest BCUT2D eigenvalue weighted by Gasteiger charge is 2.32. The van der Waals surface area contributed by atoms with Crippen molar-refractivity contribution in [3.63, 3.8) is 0 Å². The van der Waals surface area contributed by atoms with Crippen molar-refractivity contribution in [3.05, 3.63) is 0 Å². The van der Waals surface area contributed by atoms with Gasteiger partial charge in [-0.1, -0.05) is 0 Å². The van der Waals surface area contributed by atoms with E-state index in [1.165, 1.54) is 6.42 Å². The fraction of sp³-hybridized carbons (Fsp3) is 0.882. The van der Waals surface area contributed by atoms with Crippen molar-refractivity contribution in [1.29, 1.82) is 0 Å². The number of carbonyl (C=O) groups excluding carboxylic acids is 2. The Morgan fingerprint density at radius 2 is 1.82 bits per heavy atom. The van der Waals surface area contributed by atoms with Crippen LogP contribution in [-0.2, 0) is 9.59 Å². The lowest BCUT2D eigenvalue weighted by atomic mass is 10.0. The van der Waals surface area contributed by atoms with E-state index >= 15 is 0 Å². The topological polar surface area (TPSA) is 43.9 Å². The van der Waals surface area contributed by atoms with Crippen LogP contribution in [-0.4, -0.2) is 71.3 Å². The maximum Gasteiger partial charge on any atom is 0.236 e. The molecule has 0 aromatic carbocycles. The van der Waals surface area contributed by atoms with Crippen molar-refractivity contribution in [2.75, 3.05) is 32.7 Å². The van der Waals surface area contributed by atoms with E-state index in [9.17, 15) is 9.59 Å². The van der Waals surface area contributed by atoms with Gasteiger partial charge in [0.2, 0.25) is 11.8 Å². The van der Waals surface area contributed by atoms with Gasteiger partial charge in [0.25, 0.3) is 0 Å². The lowest BCUT2D eigenvalue weighted by Gasteiger charge is -2.38. The summed E-state index contributed by atoms with van der Waals surface area (Å²) in [5, 5.41) is 0. The third-order valence-corrected chi connectivity index (χ3v) is 5.59. The highest BCUT2D eigenvalue weighted by molar-refractivity contribution is 5.79. The normalized spacial score (nSPS) is 28.4. The number of hydrogen-bond acceptors (Lipinski definition) is 3. The highest BCUT2D eigenvalue weighted by atomic mass is 16.2. The summed E-state index contributed by atoms with van der Waals surface area (Å²) in [6.45, 7) is 6.49. The van der Waals surface area contributed by atoms with E-state index in [1.807, 2.05) is 0 Å². The quantitative estimate of drug-likeness (QED) is 0.793. The van der Waals surface area contributed by atoms with Crippen molar-refractivity contribution in [1.82, 2.24) is 14.7 Å². The van der Waals surface area contributed by atoms with Crippen molar-refractivity contribution >= 4 is 11.8 Å². The fourth-order valence-corrected chi connectivity index (χ4v) is 4.20. The Labute approximate surface area is 133 Å². The third kappa shape index (κ3) is 3.45. The van der Waals surface area contributed by atoms with Crippen LogP contribution in [0.4, 0.5) is 0 Å². The first-order chi connectivity index (χ1) is 10.6. The van der Waals surface area contributed by atoms with Gasteiger partial charge in [-0.15, -0.1) is 0 Å². The summed E-state index contributed by atoms with van der Waals surface area (Å²) >= 11 is 0. The van der Waals surface area contributed by atoms with Gasteiger partial charge in [-0.05, 0) is 45.4 Å². The Bertz CT molecular complexity index is 418. The monoisotopic (exact) mass is 307 g/mol. The van der Waals surface area contributed by atoms with E-state index in [-0.39, 0.29) is 0 Å². The number of nitrogens with zero attached hydrogens (tertiary/aromatic N) is 3. The van der Waals surface area contributed by atoms with Crippen molar-refractivity contribution in [3.8, 4) is 0 Å². The molecule has 3 rings (SSSR count). The Morgan fingerprint density at radius 3 is 2.45 bits per heavy atom. The summed E-state index contributed by atoms with van der Waals surface area (Å²) in [7, 11) is 0. The number of hydrogen-bond donors (Lipinski definition) is 0. The minimum Gasteiger partial charge on any atom is -0.340 e. The molecule has 2 amide bonds. The van der Waals surface area contributed by atoms with E-state index in [0.29, 0.717) is 30.4 Å². The first-order valence-electron chi connectivity index (χ1n) is 8.96. The molecule has 124 valence electrons. The molecule has 0 unspecified atom stereocenters. The minimum absolute atomic E-state index is 0.294. The number of amides is 2. The van der Waals surface area contributed by atoms with Gasteiger partial charge in [-0.2, -0.15) is 0 Å². The molecule has 5 heteroatoms. The molecule has 0 N–H and O–H groups in total. The van der Waals surface area contributed by atoms with E-state index in [2.05, 4.69) is 21.6 Å². The van der Waals surface area contributed by atoms with Gasteiger partial charge in [0.1, 0.15) is 0 Å². The van der Waals surface area contributed by atoms with Gasteiger partial charge in [0.15, 0.2) is 0 Å². The second kappa shape index (κ2) is 6.99. The molecule has 0 aromatic heterocycles. The van der Waals surface area contributed by atoms with Crippen molar-refractivity contribution in [2.24, 2.45) is 0 Å². The molecular formula is C17H29N3O2. The molecule has 0 aliphatic carbocycles. The van der Waals surface area contributed by atoms with Gasteiger partial charge >= 0.3 is 0 Å². The first-order valence-corrected chi connectivity index (χ1v) is 8.96. The number of carbonyl (C=O) groups is 2. The molecule has 0 aromatic rings. The van der Waals surface area contributed by atoms with E-state index < -0.39 is 0 Å². The SMILES string of the molecule is C[C@H]1CCCCN1C(=O)CN1CCC(N2CCCC2=O)CC1. The zero-order valence-corrected chi connectivity index (χ0v) is 13.8. The Kier molecular flexibility index (Phi) is 5.01. The molecule has 0 spiro atoms. The number of piperidine rings is 2. The molecule has 5 nitrogen and oxygen atoms in total. The first kappa shape index (κ1) is 15.8. The molecule has 0 radical (unpaired) electrons. The molecule has 1 atom stereocenters. The summed E-state index contributed by atoms with van der Waals surface area (Å²) in [5.41, 5.74) is 0. The van der Waals surface area contributed by atoms with Crippen LogP contribution in [0.15, 0.2) is 0 Å². The maximum atomic E-state index is 12.5. The zero-order chi connectivity index (χ0) is 15.5. The third-order valence-electron chi connectivity index (χ3n) is 5.59. The van der Waals surface area contributed by atoms with Crippen LogP contribution in [0.1, 0.15) is 51.9 Å².